The van der Waals surface area contributed by atoms with Crippen LogP contribution in [0.25, 0.3) is 22.3 Å². The summed E-state index contributed by atoms with van der Waals surface area (Å²) in [6.45, 7) is 2.23. The van der Waals surface area contributed by atoms with Crippen molar-refractivity contribution in [2.45, 2.75) is 51.1 Å². The predicted octanol–water partition coefficient (Wildman–Crippen LogP) is 9.14. The van der Waals surface area contributed by atoms with Crippen LogP contribution in [0.1, 0.15) is 56.1 Å². The molecule has 1 aliphatic rings. The van der Waals surface area contributed by atoms with Crippen molar-refractivity contribution >= 4 is 0 Å². The highest BCUT2D eigenvalue weighted by atomic mass is 19.4. The van der Waals surface area contributed by atoms with Crippen LogP contribution in [-0.2, 0) is 6.18 Å². The van der Waals surface area contributed by atoms with Gasteiger partial charge in [0.05, 0.1) is 0 Å². The Morgan fingerprint density at radius 1 is 0.697 bits per heavy atom. The Balaban J connectivity index is 1.56. The van der Waals surface area contributed by atoms with Crippen molar-refractivity contribution in [3.8, 4) is 22.3 Å². The lowest BCUT2D eigenvalue weighted by molar-refractivity contribution is -0.142. The molecule has 1 aliphatic carbocycles. The molecule has 0 spiro atoms. The standard InChI is InChI=1S/C27H24F6/c1-2-16-3-5-17(6-4-16)18-7-9-19(10-8-18)20-11-12-22(23(28)13-20)21-14-24(29)26(25(30)15-21)27(31,32)33/h7-17H,2-6H2,1H3. The molecule has 0 aliphatic heterocycles. The van der Waals surface area contributed by atoms with Gasteiger partial charge in [-0.2, -0.15) is 13.2 Å². The van der Waals surface area contributed by atoms with E-state index in [4.69, 9.17) is 0 Å². The van der Waals surface area contributed by atoms with Gasteiger partial charge in [0.15, 0.2) is 0 Å². The summed E-state index contributed by atoms with van der Waals surface area (Å²) in [7, 11) is 0. The molecule has 0 nitrogen and oxygen atoms in total. The molecule has 0 aromatic heterocycles. The van der Waals surface area contributed by atoms with E-state index < -0.39 is 29.2 Å². The quantitative estimate of drug-likeness (QED) is 0.339. The van der Waals surface area contributed by atoms with Crippen LogP contribution in [0.5, 0.6) is 0 Å². The predicted molar refractivity (Wildman–Crippen MR) is 117 cm³/mol. The van der Waals surface area contributed by atoms with Crippen LogP contribution in [0.15, 0.2) is 54.6 Å². The molecule has 0 atom stereocenters. The maximum absolute atomic E-state index is 14.8. The summed E-state index contributed by atoms with van der Waals surface area (Å²) in [5, 5.41) is 0. The lowest BCUT2D eigenvalue weighted by atomic mass is 9.77. The highest BCUT2D eigenvalue weighted by Gasteiger charge is 2.38. The van der Waals surface area contributed by atoms with Gasteiger partial charge in [-0.05, 0) is 78.0 Å². The van der Waals surface area contributed by atoms with Gasteiger partial charge in [-0.3, -0.25) is 0 Å². The van der Waals surface area contributed by atoms with Gasteiger partial charge >= 0.3 is 6.18 Å². The summed E-state index contributed by atoms with van der Waals surface area (Å²) >= 11 is 0. The van der Waals surface area contributed by atoms with E-state index in [0.717, 1.165) is 11.5 Å². The Morgan fingerprint density at radius 3 is 1.76 bits per heavy atom. The summed E-state index contributed by atoms with van der Waals surface area (Å²) in [5.41, 5.74) is 0.184. The van der Waals surface area contributed by atoms with E-state index in [1.807, 2.05) is 12.1 Å². The molecule has 4 rings (SSSR count). The first kappa shape index (κ1) is 23.4. The number of hydrogen-bond acceptors (Lipinski definition) is 0. The Morgan fingerprint density at radius 2 is 1.24 bits per heavy atom. The summed E-state index contributed by atoms with van der Waals surface area (Å²) in [4.78, 5) is 0. The number of alkyl halides is 3. The van der Waals surface area contributed by atoms with Crippen molar-refractivity contribution in [3.05, 3.63) is 83.2 Å². The molecule has 33 heavy (non-hydrogen) atoms. The average Bonchev–Trinajstić information content (AvgIpc) is 2.77. The molecule has 0 N–H and O–H groups in total. The first-order chi connectivity index (χ1) is 15.7. The topological polar surface area (TPSA) is 0 Å². The molecule has 0 radical (unpaired) electrons. The van der Waals surface area contributed by atoms with Gasteiger partial charge in [0.25, 0.3) is 0 Å². The van der Waals surface area contributed by atoms with Gasteiger partial charge in [0.2, 0.25) is 0 Å². The van der Waals surface area contributed by atoms with E-state index in [9.17, 15) is 26.3 Å². The Bertz CT molecular complexity index is 1100. The molecule has 0 unspecified atom stereocenters. The van der Waals surface area contributed by atoms with Gasteiger partial charge in [0, 0.05) is 5.56 Å². The lowest BCUT2D eigenvalue weighted by Gasteiger charge is -2.28. The summed E-state index contributed by atoms with van der Waals surface area (Å²) in [5.74, 6) is -2.97. The second-order valence-electron chi connectivity index (χ2n) is 8.76. The molecule has 0 saturated heterocycles. The minimum absolute atomic E-state index is 0.172. The normalized spacial score (nSPS) is 19.0. The van der Waals surface area contributed by atoms with E-state index >= 15 is 0 Å². The molecule has 3 aromatic carbocycles. The van der Waals surface area contributed by atoms with Crippen molar-refractivity contribution in [1.82, 2.24) is 0 Å². The third kappa shape index (κ3) is 4.94. The summed E-state index contributed by atoms with van der Waals surface area (Å²) in [6, 6.07) is 13.1. The van der Waals surface area contributed by atoms with Gasteiger partial charge in [-0.15, -0.1) is 0 Å². The second-order valence-corrected chi connectivity index (χ2v) is 8.76. The minimum atomic E-state index is -5.17. The van der Waals surface area contributed by atoms with Crippen LogP contribution in [0.4, 0.5) is 26.3 Å². The van der Waals surface area contributed by atoms with Crippen LogP contribution in [0, 0.1) is 23.4 Å². The molecular formula is C27H24F6. The maximum Gasteiger partial charge on any atom is 0.422 e. The third-order valence-electron chi connectivity index (χ3n) is 6.75. The van der Waals surface area contributed by atoms with Crippen LogP contribution in [0.2, 0.25) is 0 Å². The largest absolute Gasteiger partial charge is 0.422 e. The van der Waals surface area contributed by atoms with E-state index in [1.165, 1.54) is 49.8 Å². The monoisotopic (exact) mass is 462 g/mol. The lowest BCUT2D eigenvalue weighted by Crippen LogP contribution is -2.12. The van der Waals surface area contributed by atoms with E-state index in [2.05, 4.69) is 19.1 Å². The van der Waals surface area contributed by atoms with E-state index in [1.54, 1.807) is 6.07 Å². The zero-order valence-electron chi connectivity index (χ0n) is 18.2. The first-order valence-corrected chi connectivity index (χ1v) is 11.1. The zero-order chi connectivity index (χ0) is 23.8. The van der Waals surface area contributed by atoms with Crippen molar-refractivity contribution < 1.29 is 26.3 Å². The zero-order valence-corrected chi connectivity index (χ0v) is 18.2. The van der Waals surface area contributed by atoms with Gasteiger partial charge in [-0.1, -0.05) is 49.7 Å². The van der Waals surface area contributed by atoms with Crippen LogP contribution >= 0.6 is 0 Å². The molecule has 0 amide bonds. The molecular weight excluding hydrogens is 438 g/mol. The molecule has 6 heteroatoms. The van der Waals surface area contributed by atoms with Crippen LogP contribution in [0.3, 0.4) is 0 Å². The molecule has 0 bridgehead atoms. The average molecular weight is 462 g/mol. The number of hydrogen-bond donors (Lipinski definition) is 0. The number of benzene rings is 3. The Kier molecular flexibility index (Phi) is 6.55. The number of rotatable bonds is 4. The fourth-order valence-electron chi connectivity index (χ4n) is 4.78. The van der Waals surface area contributed by atoms with E-state index in [0.29, 0.717) is 23.6 Å². The van der Waals surface area contributed by atoms with Gasteiger partial charge in [0.1, 0.15) is 23.0 Å². The highest BCUT2D eigenvalue weighted by Crippen LogP contribution is 2.39. The summed E-state index contributed by atoms with van der Waals surface area (Å²) < 4.78 is 81.0. The molecule has 1 fully saturated rings. The SMILES string of the molecule is CCC1CCC(c2ccc(-c3ccc(-c4cc(F)c(C(F)(F)F)c(F)c4)c(F)c3)cc2)CC1. The van der Waals surface area contributed by atoms with E-state index in [-0.39, 0.29) is 11.1 Å². The first-order valence-electron chi connectivity index (χ1n) is 11.1. The molecule has 3 aromatic rings. The van der Waals surface area contributed by atoms with Crippen LogP contribution in [-0.4, -0.2) is 0 Å². The summed E-state index contributed by atoms with van der Waals surface area (Å²) in [6.07, 6.45) is 0.861. The van der Waals surface area contributed by atoms with Crippen molar-refractivity contribution in [1.29, 1.82) is 0 Å². The Hall–Kier alpha value is -2.76. The Labute approximate surface area is 189 Å². The van der Waals surface area contributed by atoms with Crippen LogP contribution < -0.4 is 0 Å². The molecule has 174 valence electrons. The smallest absolute Gasteiger partial charge is 0.206 e. The second kappa shape index (κ2) is 9.24. The van der Waals surface area contributed by atoms with Crippen molar-refractivity contribution in [3.63, 3.8) is 0 Å². The maximum atomic E-state index is 14.8. The van der Waals surface area contributed by atoms with Crippen molar-refractivity contribution in [2.75, 3.05) is 0 Å². The third-order valence-corrected chi connectivity index (χ3v) is 6.75. The minimum Gasteiger partial charge on any atom is -0.206 e. The molecule has 1 saturated carbocycles. The molecule has 0 heterocycles. The van der Waals surface area contributed by atoms with Gasteiger partial charge < -0.3 is 0 Å². The number of halogens is 6. The fourth-order valence-corrected chi connectivity index (χ4v) is 4.78. The fraction of sp³-hybridized carbons (Fsp3) is 0.333. The van der Waals surface area contributed by atoms with Crippen molar-refractivity contribution in [2.24, 2.45) is 5.92 Å². The van der Waals surface area contributed by atoms with Gasteiger partial charge in [-0.25, -0.2) is 13.2 Å². The highest BCUT2D eigenvalue weighted by molar-refractivity contribution is 5.71.